The first-order valence-electron chi connectivity index (χ1n) is 10.7. The van der Waals surface area contributed by atoms with Gasteiger partial charge >= 0.3 is 0 Å². The fraction of sp³-hybridized carbons (Fsp3) is 0.522. The molecule has 0 spiro atoms. The van der Waals surface area contributed by atoms with Gasteiger partial charge in [0.2, 0.25) is 11.8 Å². The number of amides is 2. The van der Waals surface area contributed by atoms with Crippen LogP contribution < -0.4 is 10.9 Å². The molecule has 0 atom stereocenters. The van der Waals surface area contributed by atoms with Crippen molar-refractivity contribution in [3.63, 3.8) is 0 Å². The number of carbonyl (C=O) groups is 2. The summed E-state index contributed by atoms with van der Waals surface area (Å²) < 4.78 is 1.74. The van der Waals surface area contributed by atoms with Crippen molar-refractivity contribution >= 4 is 11.8 Å². The Hall–Kier alpha value is -2.63. The van der Waals surface area contributed by atoms with Gasteiger partial charge in [-0.3, -0.25) is 20.4 Å². The molecule has 29 heavy (non-hydrogen) atoms. The van der Waals surface area contributed by atoms with Gasteiger partial charge in [-0.1, -0.05) is 18.2 Å². The van der Waals surface area contributed by atoms with Gasteiger partial charge < -0.3 is 0 Å². The number of hydrogen-bond acceptors (Lipinski definition) is 3. The van der Waals surface area contributed by atoms with Crippen LogP contribution in [-0.2, 0) is 16.0 Å². The predicted octanol–water partition coefficient (Wildman–Crippen LogP) is 3.17. The fourth-order valence-electron chi connectivity index (χ4n) is 6.43. The molecule has 2 aromatic rings. The lowest BCUT2D eigenvalue weighted by molar-refractivity contribution is -0.134. The number of benzene rings is 1. The maximum Gasteiger partial charge on any atom is 0.242 e. The van der Waals surface area contributed by atoms with Gasteiger partial charge in [0, 0.05) is 12.6 Å². The summed E-state index contributed by atoms with van der Waals surface area (Å²) in [6.07, 6.45) is 11.9. The van der Waals surface area contributed by atoms with E-state index in [1.165, 1.54) is 38.5 Å². The number of hydrogen-bond donors (Lipinski definition) is 2. The normalized spacial score (nSPS) is 29.6. The van der Waals surface area contributed by atoms with Crippen molar-refractivity contribution in [1.82, 2.24) is 20.6 Å². The molecule has 1 heterocycles. The van der Waals surface area contributed by atoms with Crippen LogP contribution in [-0.4, -0.2) is 21.6 Å². The van der Waals surface area contributed by atoms with Crippen LogP contribution in [0.1, 0.15) is 50.5 Å². The average Bonchev–Trinajstić information content (AvgIpc) is 3.14. The van der Waals surface area contributed by atoms with Gasteiger partial charge in [0.05, 0.1) is 18.3 Å². The smallest absolute Gasteiger partial charge is 0.242 e. The summed E-state index contributed by atoms with van der Waals surface area (Å²) in [6.45, 7) is 0. The standard InChI is InChI=1S/C23H28N4O2/c28-21(9-19-14-24-27(15-19)20-4-2-1-3-5-20)25-26-22(29)13-23-10-16-6-17(11-23)8-18(7-16)12-23/h1-5,14-18H,6-13H2,(H,25,28)(H,26,29). The maximum absolute atomic E-state index is 12.5. The molecule has 6 heteroatoms. The minimum atomic E-state index is -0.225. The summed E-state index contributed by atoms with van der Waals surface area (Å²) >= 11 is 0. The van der Waals surface area contributed by atoms with Crippen molar-refractivity contribution in [2.45, 2.75) is 51.4 Å². The van der Waals surface area contributed by atoms with E-state index in [0.29, 0.717) is 6.42 Å². The van der Waals surface area contributed by atoms with Crippen molar-refractivity contribution in [3.8, 4) is 5.69 Å². The van der Waals surface area contributed by atoms with E-state index in [1.54, 1.807) is 10.9 Å². The Morgan fingerprint density at radius 1 is 0.966 bits per heavy atom. The van der Waals surface area contributed by atoms with Gasteiger partial charge in [-0.25, -0.2) is 4.68 Å². The number of nitrogens with one attached hydrogen (secondary N) is 2. The Morgan fingerprint density at radius 2 is 1.59 bits per heavy atom. The first kappa shape index (κ1) is 18.4. The summed E-state index contributed by atoms with van der Waals surface area (Å²) in [7, 11) is 0. The molecule has 6 rings (SSSR count). The molecule has 4 fully saturated rings. The molecule has 2 N–H and O–H groups in total. The van der Waals surface area contributed by atoms with Crippen LogP contribution in [0.15, 0.2) is 42.7 Å². The van der Waals surface area contributed by atoms with E-state index in [2.05, 4.69) is 16.0 Å². The summed E-state index contributed by atoms with van der Waals surface area (Å²) in [5, 5.41) is 4.31. The molecule has 1 aromatic heterocycles. The Bertz CT molecular complexity index is 869. The molecular formula is C23H28N4O2. The number of carbonyl (C=O) groups excluding carboxylic acids is 2. The second-order valence-corrected chi connectivity index (χ2v) is 9.50. The van der Waals surface area contributed by atoms with E-state index >= 15 is 0 Å². The minimum Gasteiger partial charge on any atom is -0.273 e. The largest absolute Gasteiger partial charge is 0.273 e. The molecular weight excluding hydrogens is 364 g/mol. The van der Waals surface area contributed by atoms with Crippen molar-refractivity contribution in [2.75, 3.05) is 0 Å². The quantitative estimate of drug-likeness (QED) is 0.768. The number of hydrazine groups is 1. The topological polar surface area (TPSA) is 76.0 Å². The van der Waals surface area contributed by atoms with Crippen molar-refractivity contribution < 1.29 is 9.59 Å². The highest BCUT2D eigenvalue weighted by atomic mass is 16.2. The number of para-hydroxylation sites is 1. The first-order valence-corrected chi connectivity index (χ1v) is 10.7. The van der Waals surface area contributed by atoms with E-state index in [0.717, 1.165) is 29.0 Å². The Kier molecular flexibility index (Phi) is 4.64. The first-order chi connectivity index (χ1) is 14.1. The van der Waals surface area contributed by atoms with E-state index in [-0.39, 0.29) is 23.7 Å². The second-order valence-electron chi connectivity index (χ2n) is 9.50. The van der Waals surface area contributed by atoms with Crippen LogP contribution in [0.5, 0.6) is 0 Å². The van der Waals surface area contributed by atoms with Crippen molar-refractivity contribution in [1.29, 1.82) is 0 Å². The Labute approximate surface area is 171 Å². The van der Waals surface area contributed by atoms with Crippen molar-refractivity contribution in [2.24, 2.45) is 23.2 Å². The Morgan fingerprint density at radius 3 is 2.24 bits per heavy atom. The van der Waals surface area contributed by atoms with Crippen LogP contribution in [0.3, 0.4) is 0 Å². The lowest BCUT2D eigenvalue weighted by Gasteiger charge is -2.56. The molecule has 152 valence electrons. The average molecular weight is 393 g/mol. The Balaban J connectivity index is 1.12. The molecule has 4 aliphatic carbocycles. The summed E-state index contributed by atoms with van der Waals surface area (Å²) in [6, 6.07) is 9.77. The lowest BCUT2D eigenvalue weighted by atomic mass is 9.49. The minimum absolute atomic E-state index is 0.0553. The second kappa shape index (κ2) is 7.32. The summed E-state index contributed by atoms with van der Waals surface area (Å²) in [5.41, 5.74) is 7.17. The van der Waals surface area contributed by atoms with Crippen molar-refractivity contribution in [3.05, 3.63) is 48.3 Å². The molecule has 6 nitrogen and oxygen atoms in total. The van der Waals surface area contributed by atoms with Crippen LogP contribution in [0, 0.1) is 23.2 Å². The van der Waals surface area contributed by atoms with Crippen LogP contribution >= 0.6 is 0 Å². The predicted molar refractivity (Wildman–Crippen MR) is 109 cm³/mol. The summed E-state index contributed by atoms with van der Waals surface area (Å²) in [4.78, 5) is 24.8. The van der Waals surface area contributed by atoms with Gasteiger partial charge in [-0.2, -0.15) is 5.10 Å². The molecule has 4 bridgehead atoms. The zero-order chi connectivity index (χ0) is 19.8. The molecule has 2 amide bonds. The maximum atomic E-state index is 12.5. The fourth-order valence-corrected chi connectivity index (χ4v) is 6.43. The van der Waals surface area contributed by atoms with E-state index in [4.69, 9.17) is 0 Å². The van der Waals surface area contributed by atoms with Gasteiger partial charge in [0.15, 0.2) is 0 Å². The van der Waals surface area contributed by atoms with Gasteiger partial charge in [-0.05, 0) is 79.4 Å². The van der Waals surface area contributed by atoms with Crippen LogP contribution in [0.4, 0.5) is 0 Å². The highest BCUT2D eigenvalue weighted by molar-refractivity contribution is 5.83. The molecule has 4 saturated carbocycles. The third-order valence-corrected chi connectivity index (χ3v) is 7.06. The van der Waals surface area contributed by atoms with Gasteiger partial charge in [0.25, 0.3) is 0 Å². The molecule has 0 unspecified atom stereocenters. The molecule has 4 aliphatic rings. The van der Waals surface area contributed by atoms with Crippen LogP contribution in [0.25, 0.3) is 5.69 Å². The molecule has 1 aromatic carbocycles. The monoisotopic (exact) mass is 392 g/mol. The third-order valence-electron chi connectivity index (χ3n) is 7.06. The van der Waals surface area contributed by atoms with E-state index < -0.39 is 0 Å². The highest BCUT2D eigenvalue weighted by Gasteiger charge is 2.51. The molecule has 0 radical (unpaired) electrons. The van der Waals surface area contributed by atoms with E-state index in [9.17, 15) is 9.59 Å². The summed E-state index contributed by atoms with van der Waals surface area (Å²) in [5.74, 6) is 2.19. The number of aromatic nitrogens is 2. The van der Waals surface area contributed by atoms with E-state index in [1.807, 2.05) is 36.5 Å². The number of nitrogens with zero attached hydrogens (tertiary/aromatic N) is 2. The lowest BCUT2D eigenvalue weighted by Crippen LogP contribution is -2.50. The number of rotatable bonds is 5. The van der Waals surface area contributed by atoms with Gasteiger partial charge in [0.1, 0.15) is 0 Å². The van der Waals surface area contributed by atoms with Gasteiger partial charge in [-0.15, -0.1) is 0 Å². The highest BCUT2D eigenvalue weighted by Crippen LogP contribution is 2.61. The zero-order valence-corrected chi connectivity index (χ0v) is 16.6. The zero-order valence-electron chi connectivity index (χ0n) is 16.6. The third kappa shape index (κ3) is 3.93. The SMILES string of the molecule is O=C(Cc1cnn(-c2ccccc2)c1)NNC(=O)CC12CC3CC(CC(C3)C1)C2. The molecule has 0 saturated heterocycles. The molecule has 0 aliphatic heterocycles. The van der Waals surface area contributed by atoms with Crippen LogP contribution in [0.2, 0.25) is 0 Å².